The van der Waals surface area contributed by atoms with Gasteiger partial charge in [0.25, 0.3) is 0 Å². The van der Waals surface area contributed by atoms with Crippen LogP contribution in [0.3, 0.4) is 0 Å². The van der Waals surface area contributed by atoms with Crippen LogP contribution in [0, 0.1) is 12.3 Å². The SMILES string of the molecule is Cc1nc(C(F)(F)F)ncc1SN1CC2(CNC2)C1. The van der Waals surface area contributed by atoms with E-state index in [2.05, 4.69) is 19.6 Å². The van der Waals surface area contributed by atoms with Gasteiger partial charge in [-0.15, -0.1) is 0 Å². The Morgan fingerprint density at radius 3 is 2.53 bits per heavy atom. The van der Waals surface area contributed by atoms with Crippen molar-refractivity contribution in [2.75, 3.05) is 26.2 Å². The molecule has 2 fully saturated rings. The highest BCUT2D eigenvalue weighted by Crippen LogP contribution is 2.41. The molecule has 0 aliphatic carbocycles. The summed E-state index contributed by atoms with van der Waals surface area (Å²) in [7, 11) is 0. The average Bonchev–Trinajstić information content (AvgIpc) is 2.20. The zero-order valence-corrected chi connectivity index (χ0v) is 11.1. The van der Waals surface area contributed by atoms with Crippen molar-refractivity contribution < 1.29 is 13.2 Å². The molecule has 3 heterocycles. The standard InChI is InChI=1S/C11H13F3N4S/c1-7-8(2-16-9(17-7)11(12,13)14)19-18-5-10(6-18)3-15-4-10/h2,15H,3-6H2,1H3. The lowest BCUT2D eigenvalue weighted by Gasteiger charge is -2.55. The summed E-state index contributed by atoms with van der Waals surface area (Å²) in [6.07, 6.45) is -3.22. The molecule has 0 amide bonds. The number of nitrogens with zero attached hydrogens (tertiary/aromatic N) is 3. The fraction of sp³-hybridized carbons (Fsp3) is 0.636. The Balaban J connectivity index is 1.65. The van der Waals surface area contributed by atoms with Crippen LogP contribution in [-0.4, -0.2) is 40.5 Å². The molecule has 2 aliphatic rings. The molecule has 0 aromatic carbocycles. The van der Waals surface area contributed by atoms with Gasteiger partial charge in [-0.05, 0) is 18.9 Å². The van der Waals surface area contributed by atoms with E-state index in [4.69, 9.17) is 0 Å². The number of aryl methyl sites for hydroxylation is 1. The van der Waals surface area contributed by atoms with Crippen LogP contribution >= 0.6 is 11.9 Å². The van der Waals surface area contributed by atoms with Crippen LogP contribution in [0.25, 0.3) is 0 Å². The van der Waals surface area contributed by atoms with Crippen LogP contribution in [0.15, 0.2) is 11.1 Å². The zero-order chi connectivity index (χ0) is 13.7. The first-order chi connectivity index (χ1) is 8.88. The first kappa shape index (κ1) is 13.1. The Kier molecular flexibility index (Phi) is 2.99. The fourth-order valence-corrected chi connectivity index (χ4v) is 3.52. The molecule has 4 nitrogen and oxygen atoms in total. The Hall–Kier alpha value is -0.860. The van der Waals surface area contributed by atoms with Gasteiger partial charge in [0.15, 0.2) is 0 Å². The molecule has 2 aliphatic heterocycles. The van der Waals surface area contributed by atoms with Gasteiger partial charge in [0, 0.05) is 37.8 Å². The molecule has 1 N–H and O–H groups in total. The number of hydrogen-bond donors (Lipinski definition) is 1. The molecule has 1 aromatic rings. The number of halogens is 3. The van der Waals surface area contributed by atoms with Gasteiger partial charge in [0.05, 0.1) is 10.6 Å². The minimum absolute atomic E-state index is 0.375. The van der Waals surface area contributed by atoms with Crippen LogP contribution in [-0.2, 0) is 6.18 Å². The third kappa shape index (κ3) is 2.44. The monoisotopic (exact) mass is 290 g/mol. The highest BCUT2D eigenvalue weighted by atomic mass is 32.2. The quantitative estimate of drug-likeness (QED) is 0.840. The summed E-state index contributed by atoms with van der Waals surface area (Å²) in [6, 6.07) is 0. The van der Waals surface area contributed by atoms with E-state index in [0.29, 0.717) is 16.0 Å². The Labute approximate surface area is 112 Å². The summed E-state index contributed by atoms with van der Waals surface area (Å²) < 4.78 is 39.5. The van der Waals surface area contributed by atoms with Crippen molar-refractivity contribution in [1.82, 2.24) is 19.6 Å². The predicted octanol–water partition coefficient (Wildman–Crippen LogP) is 1.72. The summed E-state index contributed by atoms with van der Waals surface area (Å²) in [5.41, 5.74) is 0.772. The Bertz CT molecular complexity index is 493. The van der Waals surface area contributed by atoms with Crippen molar-refractivity contribution in [2.45, 2.75) is 18.0 Å². The lowest BCUT2D eigenvalue weighted by Crippen LogP contribution is -2.69. The third-order valence-corrected chi connectivity index (χ3v) is 4.55. The normalized spacial score (nSPS) is 22.1. The zero-order valence-electron chi connectivity index (χ0n) is 10.3. The van der Waals surface area contributed by atoms with E-state index in [9.17, 15) is 13.2 Å². The van der Waals surface area contributed by atoms with E-state index < -0.39 is 12.0 Å². The highest BCUT2D eigenvalue weighted by molar-refractivity contribution is 7.97. The molecule has 0 atom stereocenters. The maximum atomic E-state index is 12.4. The second kappa shape index (κ2) is 4.32. The molecule has 0 saturated carbocycles. The fourth-order valence-electron chi connectivity index (χ4n) is 2.29. The maximum absolute atomic E-state index is 12.4. The van der Waals surface area contributed by atoms with Gasteiger partial charge in [-0.2, -0.15) is 13.2 Å². The van der Waals surface area contributed by atoms with Gasteiger partial charge in [-0.25, -0.2) is 14.3 Å². The van der Waals surface area contributed by atoms with E-state index >= 15 is 0 Å². The Morgan fingerprint density at radius 1 is 1.37 bits per heavy atom. The van der Waals surface area contributed by atoms with Gasteiger partial charge in [-0.1, -0.05) is 0 Å². The average molecular weight is 290 g/mol. The summed E-state index contributed by atoms with van der Waals surface area (Å²) in [5.74, 6) is -1.07. The lowest BCUT2D eigenvalue weighted by atomic mass is 9.76. The van der Waals surface area contributed by atoms with Crippen LogP contribution in [0.1, 0.15) is 11.5 Å². The predicted molar refractivity (Wildman–Crippen MR) is 64.5 cm³/mol. The third-order valence-electron chi connectivity index (χ3n) is 3.44. The minimum atomic E-state index is -4.48. The first-order valence-corrected chi connectivity index (χ1v) is 6.70. The van der Waals surface area contributed by atoms with Crippen molar-refractivity contribution in [3.8, 4) is 0 Å². The second-order valence-corrected chi connectivity index (χ2v) is 6.27. The van der Waals surface area contributed by atoms with Crippen LogP contribution in [0.2, 0.25) is 0 Å². The summed E-state index contributed by atoms with van der Waals surface area (Å²) in [5, 5.41) is 3.24. The molecule has 0 bridgehead atoms. The molecule has 1 aromatic heterocycles. The highest BCUT2D eigenvalue weighted by Gasteiger charge is 2.48. The molecule has 1 spiro atoms. The van der Waals surface area contributed by atoms with E-state index in [1.165, 1.54) is 18.1 Å². The number of nitrogens with one attached hydrogen (secondary N) is 1. The second-order valence-electron chi connectivity index (χ2n) is 5.13. The number of alkyl halides is 3. The molecular formula is C11H13F3N4S. The van der Waals surface area contributed by atoms with Crippen LogP contribution in [0.5, 0.6) is 0 Å². The van der Waals surface area contributed by atoms with Crippen molar-refractivity contribution in [1.29, 1.82) is 0 Å². The Morgan fingerprint density at radius 2 is 2.05 bits per heavy atom. The molecule has 19 heavy (non-hydrogen) atoms. The van der Waals surface area contributed by atoms with Crippen molar-refractivity contribution in [2.24, 2.45) is 5.41 Å². The first-order valence-electron chi connectivity index (χ1n) is 5.93. The van der Waals surface area contributed by atoms with Crippen molar-refractivity contribution >= 4 is 11.9 Å². The van der Waals surface area contributed by atoms with Crippen LogP contribution < -0.4 is 5.32 Å². The number of rotatable bonds is 2. The van der Waals surface area contributed by atoms with Crippen molar-refractivity contribution in [3.63, 3.8) is 0 Å². The van der Waals surface area contributed by atoms with Gasteiger partial charge in [0.2, 0.25) is 5.82 Å². The van der Waals surface area contributed by atoms with E-state index in [-0.39, 0.29) is 0 Å². The molecular weight excluding hydrogens is 277 g/mol. The van der Waals surface area contributed by atoms with Gasteiger partial charge < -0.3 is 5.32 Å². The number of hydrogen-bond acceptors (Lipinski definition) is 5. The summed E-state index contributed by atoms with van der Waals surface area (Å²) in [4.78, 5) is 7.62. The van der Waals surface area contributed by atoms with Crippen LogP contribution in [0.4, 0.5) is 13.2 Å². The largest absolute Gasteiger partial charge is 0.451 e. The topological polar surface area (TPSA) is 41.1 Å². The smallest absolute Gasteiger partial charge is 0.315 e. The van der Waals surface area contributed by atoms with Gasteiger partial charge in [-0.3, -0.25) is 0 Å². The maximum Gasteiger partial charge on any atom is 0.451 e. The molecule has 3 rings (SSSR count). The summed E-state index contributed by atoms with van der Waals surface area (Å²) >= 11 is 1.44. The molecule has 8 heteroatoms. The molecule has 104 valence electrons. The molecule has 0 radical (unpaired) electrons. The van der Waals surface area contributed by atoms with E-state index in [1.807, 2.05) is 0 Å². The lowest BCUT2D eigenvalue weighted by molar-refractivity contribution is -0.145. The van der Waals surface area contributed by atoms with Gasteiger partial charge >= 0.3 is 6.18 Å². The molecule has 0 unspecified atom stereocenters. The molecule has 2 saturated heterocycles. The number of aromatic nitrogens is 2. The van der Waals surface area contributed by atoms with Gasteiger partial charge in [0.1, 0.15) is 0 Å². The summed E-state index contributed by atoms with van der Waals surface area (Å²) in [6.45, 7) is 5.58. The van der Waals surface area contributed by atoms with E-state index in [1.54, 1.807) is 6.92 Å². The van der Waals surface area contributed by atoms with E-state index in [0.717, 1.165) is 26.2 Å². The minimum Gasteiger partial charge on any atom is -0.315 e. The van der Waals surface area contributed by atoms with Crippen molar-refractivity contribution in [3.05, 3.63) is 17.7 Å².